The predicted octanol–water partition coefficient (Wildman–Crippen LogP) is 3.93. The van der Waals surface area contributed by atoms with Crippen LogP contribution in [-0.4, -0.2) is 42.8 Å². The summed E-state index contributed by atoms with van der Waals surface area (Å²) in [6, 6.07) is 9.76. The van der Waals surface area contributed by atoms with Crippen LogP contribution in [0.4, 0.5) is 0 Å². The molecule has 3 heterocycles. The lowest BCUT2D eigenvalue weighted by atomic mass is 9.85. The van der Waals surface area contributed by atoms with Gasteiger partial charge in [-0.05, 0) is 50.0 Å². The number of hydrogen-bond donors (Lipinski definition) is 1. The molecule has 1 N–H and O–H groups in total. The number of nitrogens with one attached hydrogen (secondary N) is 1. The van der Waals surface area contributed by atoms with Crippen molar-refractivity contribution in [3.8, 4) is 17.2 Å². The van der Waals surface area contributed by atoms with Crippen LogP contribution in [0.1, 0.15) is 50.9 Å². The highest BCUT2D eigenvalue weighted by Crippen LogP contribution is 2.39. The number of amides is 1. The van der Waals surface area contributed by atoms with Gasteiger partial charge in [-0.3, -0.25) is 14.7 Å². The van der Waals surface area contributed by atoms with E-state index in [1.165, 1.54) is 0 Å². The number of fused-ring (bicyclic) bond motifs is 1. The molecule has 1 aromatic carbocycles. The summed E-state index contributed by atoms with van der Waals surface area (Å²) in [7, 11) is 1.68. The molecule has 0 bridgehead atoms. The second-order valence-corrected chi connectivity index (χ2v) is 9.59. The van der Waals surface area contributed by atoms with Crippen LogP contribution in [0.5, 0.6) is 17.2 Å². The third-order valence-corrected chi connectivity index (χ3v) is 6.25. The van der Waals surface area contributed by atoms with Gasteiger partial charge in [0.1, 0.15) is 5.75 Å². The Morgan fingerprint density at radius 3 is 2.56 bits per heavy atom. The number of piperidine rings is 1. The molecule has 1 fully saturated rings. The number of likely N-dealkylation sites (tertiary alicyclic amines) is 1. The van der Waals surface area contributed by atoms with Crippen molar-refractivity contribution >= 4 is 5.91 Å². The first kappa shape index (κ1) is 22.4. The number of carbonyl (C=O) groups is 1. The maximum Gasteiger partial charge on any atom is 0.231 e. The summed E-state index contributed by atoms with van der Waals surface area (Å²) in [4.78, 5) is 19.8. The van der Waals surface area contributed by atoms with Crippen molar-refractivity contribution in [2.45, 2.75) is 46.2 Å². The summed E-state index contributed by atoms with van der Waals surface area (Å²) < 4.78 is 16.6. The van der Waals surface area contributed by atoms with Gasteiger partial charge in [0.25, 0.3) is 0 Å². The molecule has 1 aromatic heterocycles. The molecule has 2 aromatic rings. The molecular formula is C25H33N3O4. The Bertz CT molecular complexity index is 934. The first-order valence-corrected chi connectivity index (χ1v) is 11.3. The van der Waals surface area contributed by atoms with Gasteiger partial charge in [-0.2, -0.15) is 0 Å². The van der Waals surface area contributed by atoms with Crippen LogP contribution >= 0.6 is 0 Å². The fourth-order valence-electron chi connectivity index (χ4n) is 4.32. The minimum Gasteiger partial charge on any atom is -0.496 e. The molecule has 2 aliphatic rings. The molecule has 4 rings (SSSR count). The number of carbonyl (C=O) groups excluding carboxylic acids is 1. The van der Waals surface area contributed by atoms with E-state index in [0.29, 0.717) is 5.92 Å². The van der Waals surface area contributed by atoms with E-state index < -0.39 is 5.41 Å². The van der Waals surface area contributed by atoms with Crippen LogP contribution in [0.3, 0.4) is 0 Å². The number of rotatable bonds is 6. The molecule has 7 nitrogen and oxygen atoms in total. The van der Waals surface area contributed by atoms with E-state index in [0.717, 1.165) is 61.0 Å². The Kier molecular flexibility index (Phi) is 6.55. The molecule has 32 heavy (non-hydrogen) atoms. The van der Waals surface area contributed by atoms with E-state index in [1.54, 1.807) is 13.3 Å². The van der Waals surface area contributed by atoms with Crippen molar-refractivity contribution in [3.05, 3.63) is 47.8 Å². The minimum absolute atomic E-state index is 0.0562. The van der Waals surface area contributed by atoms with Gasteiger partial charge in [0.2, 0.25) is 12.7 Å². The summed E-state index contributed by atoms with van der Waals surface area (Å²) >= 11 is 0. The van der Waals surface area contributed by atoms with Crippen molar-refractivity contribution < 1.29 is 19.0 Å². The van der Waals surface area contributed by atoms with Crippen LogP contribution in [0, 0.1) is 11.3 Å². The topological polar surface area (TPSA) is 72.9 Å². The summed E-state index contributed by atoms with van der Waals surface area (Å²) in [5.74, 6) is 2.72. The lowest BCUT2D eigenvalue weighted by Crippen LogP contribution is -2.44. The van der Waals surface area contributed by atoms with E-state index in [9.17, 15) is 4.79 Å². The number of pyridine rings is 1. The van der Waals surface area contributed by atoms with Gasteiger partial charge in [-0.15, -0.1) is 0 Å². The number of aromatic nitrogens is 1. The van der Waals surface area contributed by atoms with Crippen molar-refractivity contribution in [1.82, 2.24) is 15.2 Å². The summed E-state index contributed by atoms with van der Waals surface area (Å²) in [6.45, 7) is 8.75. The maximum absolute atomic E-state index is 12.8. The highest BCUT2D eigenvalue weighted by molar-refractivity contribution is 5.81. The molecule has 0 spiro atoms. The average Bonchev–Trinajstić information content (AvgIpc) is 3.24. The molecule has 1 amide bonds. The Balaban J connectivity index is 1.44. The van der Waals surface area contributed by atoms with Crippen molar-refractivity contribution in [2.75, 3.05) is 27.0 Å². The van der Waals surface area contributed by atoms with Gasteiger partial charge in [0.15, 0.2) is 11.5 Å². The highest BCUT2D eigenvalue weighted by Gasteiger charge is 2.33. The zero-order valence-corrected chi connectivity index (χ0v) is 19.4. The third-order valence-electron chi connectivity index (χ3n) is 6.25. The van der Waals surface area contributed by atoms with E-state index in [-0.39, 0.29) is 18.7 Å². The normalized spacial score (nSPS) is 17.8. The van der Waals surface area contributed by atoms with Crippen LogP contribution in [0.2, 0.25) is 0 Å². The van der Waals surface area contributed by atoms with Gasteiger partial charge in [0, 0.05) is 29.8 Å². The van der Waals surface area contributed by atoms with Crippen molar-refractivity contribution in [1.29, 1.82) is 0 Å². The summed E-state index contributed by atoms with van der Waals surface area (Å²) in [6.07, 6.45) is 3.77. The number of nitrogens with zero attached hydrogens (tertiary/aromatic N) is 2. The molecule has 2 aliphatic heterocycles. The number of ether oxygens (including phenoxy) is 3. The molecule has 0 radical (unpaired) electrons. The smallest absolute Gasteiger partial charge is 0.231 e. The van der Waals surface area contributed by atoms with Gasteiger partial charge in [-0.1, -0.05) is 26.8 Å². The lowest BCUT2D eigenvalue weighted by Gasteiger charge is -2.37. The fourth-order valence-corrected chi connectivity index (χ4v) is 4.32. The third kappa shape index (κ3) is 4.99. The van der Waals surface area contributed by atoms with Gasteiger partial charge in [-0.25, -0.2) is 0 Å². The average molecular weight is 440 g/mol. The Morgan fingerprint density at radius 1 is 1.22 bits per heavy atom. The van der Waals surface area contributed by atoms with E-state index in [1.807, 2.05) is 51.1 Å². The standard InChI is InChI=1S/C25H33N3O4/c1-25(2,3)24(29)27-23(19-7-5-6-10-26-19)17-8-11-28(12-9-17)15-18-13-21-22(32-16-31-21)14-20(18)30-4/h5-7,10,13-14,17,23H,8-9,11-12,15-16H2,1-4H3,(H,27,29). The van der Waals surface area contributed by atoms with Crippen LogP contribution in [0.15, 0.2) is 36.5 Å². The highest BCUT2D eigenvalue weighted by atomic mass is 16.7. The molecule has 0 aliphatic carbocycles. The Morgan fingerprint density at radius 2 is 1.94 bits per heavy atom. The van der Waals surface area contributed by atoms with E-state index >= 15 is 0 Å². The van der Waals surface area contributed by atoms with Crippen molar-refractivity contribution in [2.24, 2.45) is 11.3 Å². The maximum atomic E-state index is 12.8. The number of hydrogen-bond acceptors (Lipinski definition) is 6. The second-order valence-electron chi connectivity index (χ2n) is 9.59. The monoisotopic (exact) mass is 439 g/mol. The SMILES string of the molecule is COc1cc2c(cc1CN1CCC(C(NC(=O)C(C)(C)C)c3ccccn3)CC1)OCO2. The quantitative estimate of drug-likeness (QED) is 0.735. The Labute approximate surface area is 190 Å². The molecule has 1 unspecified atom stereocenters. The van der Waals surface area contributed by atoms with Crippen molar-refractivity contribution in [3.63, 3.8) is 0 Å². The molecule has 1 atom stereocenters. The summed E-state index contributed by atoms with van der Waals surface area (Å²) in [5, 5.41) is 3.28. The van der Waals surface area contributed by atoms with Crippen LogP contribution in [0.25, 0.3) is 0 Å². The molecular weight excluding hydrogens is 406 g/mol. The zero-order chi connectivity index (χ0) is 22.7. The molecule has 1 saturated heterocycles. The largest absolute Gasteiger partial charge is 0.496 e. The Hall–Kier alpha value is -2.80. The lowest BCUT2D eigenvalue weighted by molar-refractivity contribution is -0.129. The zero-order valence-electron chi connectivity index (χ0n) is 19.4. The number of methoxy groups -OCH3 is 1. The van der Waals surface area contributed by atoms with E-state index in [2.05, 4.69) is 15.2 Å². The first-order valence-electron chi connectivity index (χ1n) is 11.3. The van der Waals surface area contributed by atoms with Gasteiger partial charge in [0.05, 0.1) is 18.8 Å². The molecule has 7 heteroatoms. The van der Waals surface area contributed by atoms with Gasteiger partial charge >= 0.3 is 0 Å². The summed E-state index contributed by atoms with van der Waals surface area (Å²) in [5.41, 5.74) is 1.59. The van der Waals surface area contributed by atoms with E-state index in [4.69, 9.17) is 14.2 Å². The number of benzene rings is 1. The molecule has 0 saturated carbocycles. The molecule has 172 valence electrons. The van der Waals surface area contributed by atoms with Gasteiger partial charge < -0.3 is 19.5 Å². The fraction of sp³-hybridized carbons (Fsp3) is 0.520. The van der Waals surface area contributed by atoms with Crippen LogP contribution < -0.4 is 19.5 Å². The second kappa shape index (κ2) is 9.36. The minimum atomic E-state index is -0.441. The first-order chi connectivity index (χ1) is 15.3. The predicted molar refractivity (Wildman–Crippen MR) is 122 cm³/mol. The van der Waals surface area contributed by atoms with Crippen LogP contribution in [-0.2, 0) is 11.3 Å².